The summed E-state index contributed by atoms with van der Waals surface area (Å²) in [6.45, 7) is 5.93. The monoisotopic (exact) mass is 455 g/mol. The van der Waals surface area contributed by atoms with Crippen LogP contribution >= 0.6 is 0 Å². The number of aromatic nitrogens is 2. The number of piperidine rings is 2. The maximum absolute atomic E-state index is 15.8. The van der Waals surface area contributed by atoms with Gasteiger partial charge in [-0.25, -0.2) is 18.7 Å². The molecule has 4 aliphatic heterocycles. The zero-order valence-corrected chi connectivity index (χ0v) is 19.1. The SMILES string of the molecule is CC1(NC(=O)C2(F)CCN(c3nccc(-c4ccc(F)cc4)n3)CC2)CCN2CCC1CC2. The van der Waals surface area contributed by atoms with E-state index in [-0.39, 0.29) is 24.2 Å². The number of carbonyl (C=O) groups excluding carboxylic acids is 1. The number of hydrogen-bond acceptors (Lipinski definition) is 5. The molecule has 6 nitrogen and oxygen atoms in total. The Labute approximate surface area is 193 Å². The van der Waals surface area contributed by atoms with Gasteiger partial charge in [-0.1, -0.05) is 0 Å². The number of hydrogen-bond donors (Lipinski definition) is 1. The Morgan fingerprint density at radius 2 is 1.73 bits per heavy atom. The summed E-state index contributed by atoms with van der Waals surface area (Å²) in [5.74, 6) is 0.142. The van der Waals surface area contributed by atoms with Gasteiger partial charge >= 0.3 is 0 Å². The van der Waals surface area contributed by atoms with Gasteiger partial charge in [0.15, 0.2) is 5.67 Å². The lowest BCUT2D eigenvalue weighted by molar-refractivity contribution is -0.137. The van der Waals surface area contributed by atoms with Gasteiger partial charge in [0.05, 0.1) is 5.69 Å². The van der Waals surface area contributed by atoms with Gasteiger partial charge in [0, 0.05) is 49.8 Å². The summed E-state index contributed by atoms with van der Waals surface area (Å²) in [6.07, 6.45) is 4.86. The van der Waals surface area contributed by atoms with E-state index in [1.807, 2.05) is 4.90 Å². The molecule has 1 amide bonds. The van der Waals surface area contributed by atoms with Crippen molar-refractivity contribution in [3.05, 3.63) is 42.3 Å². The van der Waals surface area contributed by atoms with Crippen molar-refractivity contribution in [2.24, 2.45) is 5.92 Å². The third kappa shape index (κ3) is 4.45. The van der Waals surface area contributed by atoms with Crippen LogP contribution in [-0.2, 0) is 4.79 Å². The van der Waals surface area contributed by atoms with Crippen molar-refractivity contribution in [3.63, 3.8) is 0 Å². The number of alkyl halides is 1. The van der Waals surface area contributed by atoms with Gasteiger partial charge in [-0.2, -0.15) is 0 Å². The fourth-order valence-corrected chi connectivity index (χ4v) is 5.49. The molecule has 5 heterocycles. The number of benzene rings is 1. The maximum atomic E-state index is 15.8. The van der Waals surface area contributed by atoms with Gasteiger partial charge in [0.25, 0.3) is 5.91 Å². The molecular weight excluding hydrogens is 424 g/mol. The number of amides is 1. The third-order valence-corrected chi connectivity index (χ3v) is 7.86. The fraction of sp³-hybridized carbons (Fsp3) is 0.560. The molecule has 1 aromatic heterocycles. The largest absolute Gasteiger partial charge is 0.348 e. The standard InChI is InChI=1S/C25H31F2N5O/c1-24(9-15-31-13-7-19(24)8-14-31)30-22(33)25(27)10-16-32(17-11-25)23-28-12-6-21(29-23)18-2-4-20(26)5-3-18/h2-6,12,19H,7-11,13-17H2,1H3,(H,30,33). The van der Waals surface area contributed by atoms with Crippen LogP contribution in [0.2, 0.25) is 0 Å². The molecule has 2 bridgehead atoms. The second kappa shape index (κ2) is 8.63. The van der Waals surface area contributed by atoms with Gasteiger partial charge < -0.3 is 15.1 Å². The van der Waals surface area contributed by atoms with E-state index in [9.17, 15) is 9.18 Å². The van der Waals surface area contributed by atoms with Gasteiger partial charge in [-0.15, -0.1) is 0 Å². The van der Waals surface area contributed by atoms with Crippen molar-refractivity contribution in [2.75, 3.05) is 37.6 Å². The zero-order valence-electron chi connectivity index (χ0n) is 19.1. The minimum absolute atomic E-state index is 0.107. The number of nitrogens with zero attached hydrogens (tertiary/aromatic N) is 4. The van der Waals surface area contributed by atoms with E-state index in [1.165, 1.54) is 12.1 Å². The second-order valence-electron chi connectivity index (χ2n) is 9.94. The topological polar surface area (TPSA) is 61.4 Å². The van der Waals surface area contributed by atoms with Crippen LogP contribution in [-0.4, -0.2) is 64.7 Å². The predicted molar refractivity (Wildman–Crippen MR) is 123 cm³/mol. The molecule has 1 atom stereocenters. The van der Waals surface area contributed by atoms with Crippen LogP contribution in [0, 0.1) is 11.7 Å². The predicted octanol–water partition coefficient (Wildman–Crippen LogP) is 3.58. The summed E-state index contributed by atoms with van der Waals surface area (Å²) in [7, 11) is 0. The van der Waals surface area contributed by atoms with E-state index in [4.69, 9.17) is 0 Å². The van der Waals surface area contributed by atoms with Crippen LogP contribution < -0.4 is 10.2 Å². The van der Waals surface area contributed by atoms with Crippen molar-refractivity contribution >= 4 is 11.9 Å². The smallest absolute Gasteiger partial charge is 0.258 e. The Kier molecular flexibility index (Phi) is 5.80. The summed E-state index contributed by atoms with van der Waals surface area (Å²) < 4.78 is 29.0. The molecule has 2 aromatic rings. The Morgan fingerprint density at radius 1 is 1.03 bits per heavy atom. The van der Waals surface area contributed by atoms with Gasteiger partial charge in [-0.05, 0) is 75.5 Å². The first-order valence-electron chi connectivity index (χ1n) is 11.9. The van der Waals surface area contributed by atoms with Crippen molar-refractivity contribution in [2.45, 2.75) is 50.2 Å². The van der Waals surface area contributed by atoms with Crippen molar-refractivity contribution in [1.29, 1.82) is 0 Å². The zero-order chi connectivity index (χ0) is 23.1. The van der Waals surface area contributed by atoms with E-state index in [1.54, 1.807) is 24.4 Å². The quantitative estimate of drug-likeness (QED) is 0.764. The van der Waals surface area contributed by atoms with Crippen LogP contribution in [0.5, 0.6) is 0 Å². The molecule has 176 valence electrons. The highest BCUT2D eigenvalue weighted by Gasteiger charge is 2.47. The average Bonchev–Trinajstić information content (AvgIpc) is 3.08. The Hall–Kier alpha value is -2.61. The molecule has 4 aliphatic rings. The number of anilines is 1. The van der Waals surface area contributed by atoms with Crippen molar-refractivity contribution in [3.8, 4) is 11.3 Å². The lowest BCUT2D eigenvalue weighted by atomic mass is 9.78. The number of nitrogens with one attached hydrogen (secondary N) is 1. The fourth-order valence-electron chi connectivity index (χ4n) is 5.49. The van der Waals surface area contributed by atoms with E-state index in [2.05, 4.69) is 27.1 Å². The molecule has 0 aliphatic carbocycles. The first kappa shape index (κ1) is 22.2. The molecule has 1 N–H and O–H groups in total. The summed E-state index contributed by atoms with van der Waals surface area (Å²) in [5, 5.41) is 3.14. The molecule has 0 radical (unpaired) electrons. The summed E-state index contributed by atoms with van der Waals surface area (Å²) in [6, 6.07) is 7.90. The molecule has 8 heteroatoms. The Bertz CT molecular complexity index is 1000. The van der Waals surface area contributed by atoms with Crippen molar-refractivity contribution in [1.82, 2.24) is 20.2 Å². The minimum Gasteiger partial charge on any atom is -0.348 e. The van der Waals surface area contributed by atoms with E-state index >= 15 is 4.39 Å². The van der Waals surface area contributed by atoms with E-state index in [0.29, 0.717) is 30.6 Å². The normalized spacial score (nSPS) is 28.9. The molecule has 0 saturated carbocycles. The van der Waals surface area contributed by atoms with E-state index in [0.717, 1.165) is 44.5 Å². The molecular formula is C25H31F2N5O. The van der Waals surface area contributed by atoms with Gasteiger partial charge in [0.1, 0.15) is 5.82 Å². The number of halogens is 2. The highest BCUT2D eigenvalue weighted by atomic mass is 19.1. The number of rotatable bonds is 4. The molecule has 1 aromatic carbocycles. The molecule has 4 saturated heterocycles. The van der Waals surface area contributed by atoms with Crippen LogP contribution in [0.4, 0.5) is 14.7 Å². The molecule has 1 unspecified atom stereocenters. The van der Waals surface area contributed by atoms with Crippen LogP contribution in [0.25, 0.3) is 11.3 Å². The molecule has 33 heavy (non-hydrogen) atoms. The summed E-state index contributed by atoms with van der Waals surface area (Å²) >= 11 is 0. The lowest BCUT2D eigenvalue weighted by Crippen LogP contribution is -2.59. The van der Waals surface area contributed by atoms with Gasteiger partial charge in [0.2, 0.25) is 5.95 Å². The average molecular weight is 456 g/mol. The van der Waals surface area contributed by atoms with Crippen LogP contribution in [0.3, 0.4) is 0 Å². The molecule has 6 rings (SSSR count). The third-order valence-electron chi connectivity index (χ3n) is 7.86. The minimum atomic E-state index is -1.88. The lowest BCUT2D eigenvalue weighted by Gasteiger charge is -2.41. The second-order valence-corrected chi connectivity index (χ2v) is 9.94. The highest BCUT2D eigenvalue weighted by Crippen LogP contribution is 2.37. The number of carbonyl (C=O) groups is 1. The Morgan fingerprint density at radius 3 is 2.42 bits per heavy atom. The summed E-state index contributed by atoms with van der Waals surface area (Å²) in [5.41, 5.74) is -0.746. The van der Waals surface area contributed by atoms with Gasteiger partial charge in [-0.3, -0.25) is 4.79 Å². The van der Waals surface area contributed by atoms with Crippen LogP contribution in [0.1, 0.15) is 39.0 Å². The first-order valence-corrected chi connectivity index (χ1v) is 11.9. The van der Waals surface area contributed by atoms with Crippen LogP contribution in [0.15, 0.2) is 36.5 Å². The molecule has 4 fully saturated rings. The van der Waals surface area contributed by atoms with Crippen molar-refractivity contribution < 1.29 is 13.6 Å². The highest BCUT2D eigenvalue weighted by molar-refractivity contribution is 5.86. The Balaban J connectivity index is 1.24. The molecule has 0 spiro atoms. The van der Waals surface area contributed by atoms with E-state index < -0.39 is 11.6 Å². The first-order chi connectivity index (χ1) is 15.8. The maximum Gasteiger partial charge on any atom is 0.258 e. The summed E-state index contributed by atoms with van der Waals surface area (Å²) in [4.78, 5) is 26.4. The number of fused-ring (bicyclic) bond motifs is 4.